The molecule has 1 fully saturated rings. The predicted molar refractivity (Wildman–Crippen MR) is 134 cm³/mol. The quantitative estimate of drug-likeness (QED) is 0.174. The van der Waals surface area contributed by atoms with E-state index in [1.807, 2.05) is 36.4 Å². The Balaban J connectivity index is 1.56. The number of hydrogen-bond donors (Lipinski definition) is 0. The number of para-hydroxylation sites is 1. The minimum atomic E-state index is -0.499. The molecule has 1 aliphatic rings. The predicted octanol–water partition coefficient (Wildman–Crippen LogP) is 6.08. The standard InChI is InChI=1S/C24H16BrNO4S2/c1-29-20-12-15(10-11-19(20)30-23(28)16-6-5-7-17(25)14-16)13-21-22(27)26(24(31)32-21)18-8-3-2-4-9-18/h2-14H,1H3/b21-13+. The minimum Gasteiger partial charge on any atom is -0.493 e. The first-order valence-electron chi connectivity index (χ1n) is 9.45. The molecule has 8 heteroatoms. The second-order valence-electron chi connectivity index (χ2n) is 6.66. The largest absolute Gasteiger partial charge is 0.493 e. The number of benzene rings is 3. The van der Waals surface area contributed by atoms with E-state index in [0.29, 0.717) is 20.5 Å². The van der Waals surface area contributed by atoms with Crippen molar-refractivity contribution < 1.29 is 19.1 Å². The summed E-state index contributed by atoms with van der Waals surface area (Å²) in [6.45, 7) is 0. The molecular formula is C24H16BrNO4S2. The highest BCUT2D eigenvalue weighted by atomic mass is 79.9. The monoisotopic (exact) mass is 525 g/mol. The van der Waals surface area contributed by atoms with Crippen LogP contribution in [0.3, 0.4) is 0 Å². The van der Waals surface area contributed by atoms with Gasteiger partial charge in [-0.3, -0.25) is 9.69 Å². The number of anilines is 1. The second-order valence-corrected chi connectivity index (χ2v) is 9.25. The second kappa shape index (κ2) is 9.68. The molecule has 0 N–H and O–H groups in total. The van der Waals surface area contributed by atoms with E-state index in [1.54, 1.807) is 42.5 Å². The molecule has 0 spiro atoms. The number of halogens is 1. The summed E-state index contributed by atoms with van der Waals surface area (Å²) >= 11 is 9.99. The summed E-state index contributed by atoms with van der Waals surface area (Å²) in [7, 11) is 1.49. The summed E-state index contributed by atoms with van der Waals surface area (Å²) in [6, 6.07) is 21.3. The van der Waals surface area contributed by atoms with Crippen molar-refractivity contribution in [3.05, 3.63) is 93.3 Å². The molecule has 3 aromatic rings. The fourth-order valence-electron chi connectivity index (χ4n) is 3.05. The lowest BCUT2D eigenvalue weighted by atomic mass is 10.1. The Bertz CT molecular complexity index is 1240. The number of esters is 1. The number of amides is 1. The van der Waals surface area contributed by atoms with E-state index in [9.17, 15) is 9.59 Å². The third kappa shape index (κ3) is 4.77. The summed E-state index contributed by atoms with van der Waals surface area (Å²) < 4.78 is 12.2. The normalized spacial score (nSPS) is 14.7. The minimum absolute atomic E-state index is 0.185. The smallest absolute Gasteiger partial charge is 0.343 e. The molecule has 160 valence electrons. The Hall–Kier alpha value is -2.94. The van der Waals surface area contributed by atoms with Gasteiger partial charge in [-0.1, -0.05) is 70.2 Å². The zero-order valence-electron chi connectivity index (χ0n) is 16.8. The lowest BCUT2D eigenvalue weighted by molar-refractivity contribution is -0.113. The van der Waals surface area contributed by atoms with E-state index in [-0.39, 0.29) is 11.7 Å². The molecule has 5 nitrogen and oxygen atoms in total. The average Bonchev–Trinajstić information content (AvgIpc) is 3.07. The van der Waals surface area contributed by atoms with Gasteiger partial charge in [0.15, 0.2) is 15.8 Å². The highest BCUT2D eigenvalue weighted by molar-refractivity contribution is 9.10. The van der Waals surface area contributed by atoms with Crippen molar-refractivity contribution in [2.45, 2.75) is 0 Å². The molecule has 0 aliphatic carbocycles. The van der Waals surface area contributed by atoms with Crippen molar-refractivity contribution in [3.63, 3.8) is 0 Å². The Morgan fingerprint density at radius 2 is 1.81 bits per heavy atom. The molecule has 0 atom stereocenters. The van der Waals surface area contributed by atoms with Gasteiger partial charge < -0.3 is 9.47 Å². The zero-order valence-corrected chi connectivity index (χ0v) is 20.0. The molecule has 0 unspecified atom stereocenters. The van der Waals surface area contributed by atoms with E-state index in [2.05, 4.69) is 15.9 Å². The molecule has 4 rings (SSSR count). The summed E-state index contributed by atoms with van der Waals surface area (Å²) in [5.41, 5.74) is 1.86. The van der Waals surface area contributed by atoms with Crippen LogP contribution in [0.5, 0.6) is 11.5 Å². The highest BCUT2D eigenvalue weighted by Crippen LogP contribution is 2.37. The van der Waals surface area contributed by atoms with Crippen LogP contribution in [0.1, 0.15) is 15.9 Å². The van der Waals surface area contributed by atoms with Crippen LogP contribution in [-0.4, -0.2) is 23.3 Å². The van der Waals surface area contributed by atoms with Crippen LogP contribution in [0.2, 0.25) is 0 Å². The number of ether oxygens (including phenoxy) is 2. The van der Waals surface area contributed by atoms with Crippen LogP contribution in [0, 0.1) is 0 Å². The van der Waals surface area contributed by atoms with Crippen LogP contribution in [0.15, 0.2) is 82.2 Å². The first kappa shape index (κ1) is 22.3. The maximum atomic E-state index is 12.9. The molecule has 3 aromatic carbocycles. The SMILES string of the molecule is COc1cc(/C=C2/SC(=S)N(c3ccccc3)C2=O)ccc1OC(=O)c1cccc(Br)c1. The molecule has 32 heavy (non-hydrogen) atoms. The zero-order chi connectivity index (χ0) is 22.7. The first-order chi connectivity index (χ1) is 15.5. The molecule has 0 saturated carbocycles. The fourth-order valence-corrected chi connectivity index (χ4v) is 4.75. The molecule has 1 heterocycles. The highest BCUT2D eigenvalue weighted by Gasteiger charge is 2.33. The third-order valence-electron chi connectivity index (χ3n) is 4.56. The van der Waals surface area contributed by atoms with Gasteiger partial charge in [0.1, 0.15) is 0 Å². The van der Waals surface area contributed by atoms with Gasteiger partial charge in [-0.2, -0.15) is 0 Å². The maximum Gasteiger partial charge on any atom is 0.343 e. The summed E-state index contributed by atoms with van der Waals surface area (Å²) in [5.74, 6) is -0.0245. The number of thioether (sulfide) groups is 1. The van der Waals surface area contributed by atoms with Gasteiger partial charge in [0.2, 0.25) is 0 Å². The Morgan fingerprint density at radius 3 is 2.53 bits per heavy atom. The van der Waals surface area contributed by atoms with Gasteiger partial charge >= 0.3 is 5.97 Å². The van der Waals surface area contributed by atoms with Crippen LogP contribution >= 0.6 is 39.9 Å². The molecule has 0 radical (unpaired) electrons. The number of carbonyl (C=O) groups is 2. The number of nitrogens with zero attached hydrogens (tertiary/aromatic N) is 1. The Kier molecular flexibility index (Phi) is 6.74. The number of hydrogen-bond acceptors (Lipinski definition) is 6. The fraction of sp³-hybridized carbons (Fsp3) is 0.0417. The topological polar surface area (TPSA) is 55.8 Å². The number of rotatable bonds is 5. The Labute approximate surface area is 203 Å². The number of methoxy groups -OCH3 is 1. The number of carbonyl (C=O) groups excluding carboxylic acids is 2. The Morgan fingerprint density at radius 1 is 1.03 bits per heavy atom. The average molecular weight is 526 g/mol. The molecule has 1 saturated heterocycles. The van der Waals surface area contributed by atoms with Gasteiger partial charge in [-0.25, -0.2) is 4.79 Å². The molecule has 1 amide bonds. The lowest BCUT2D eigenvalue weighted by Crippen LogP contribution is -2.27. The number of thiocarbonyl (C=S) groups is 1. The van der Waals surface area contributed by atoms with E-state index in [0.717, 1.165) is 15.7 Å². The van der Waals surface area contributed by atoms with Gasteiger partial charge in [0, 0.05) is 4.47 Å². The van der Waals surface area contributed by atoms with Crippen molar-refractivity contribution in [1.29, 1.82) is 0 Å². The molecule has 0 aromatic heterocycles. The summed E-state index contributed by atoms with van der Waals surface area (Å²) in [4.78, 5) is 27.4. The van der Waals surface area contributed by atoms with Crippen molar-refractivity contribution >= 4 is 67.9 Å². The molecular weight excluding hydrogens is 510 g/mol. The molecule has 0 bridgehead atoms. The van der Waals surface area contributed by atoms with Crippen LogP contribution in [-0.2, 0) is 4.79 Å². The van der Waals surface area contributed by atoms with Gasteiger partial charge in [-0.15, -0.1) is 0 Å². The van der Waals surface area contributed by atoms with E-state index >= 15 is 0 Å². The van der Waals surface area contributed by atoms with E-state index in [1.165, 1.54) is 23.8 Å². The summed E-state index contributed by atoms with van der Waals surface area (Å²) in [5, 5.41) is 0. The van der Waals surface area contributed by atoms with Crippen LogP contribution in [0.25, 0.3) is 6.08 Å². The molecule has 1 aliphatic heterocycles. The van der Waals surface area contributed by atoms with E-state index in [4.69, 9.17) is 21.7 Å². The van der Waals surface area contributed by atoms with Crippen LogP contribution < -0.4 is 14.4 Å². The van der Waals surface area contributed by atoms with Crippen molar-refractivity contribution in [2.75, 3.05) is 12.0 Å². The van der Waals surface area contributed by atoms with Crippen molar-refractivity contribution in [2.24, 2.45) is 0 Å². The third-order valence-corrected chi connectivity index (χ3v) is 6.35. The van der Waals surface area contributed by atoms with Crippen molar-refractivity contribution in [1.82, 2.24) is 0 Å². The van der Waals surface area contributed by atoms with Gasteiger partial charge in [0.05, 0.1) is 23.3 Å². The van der Waals surface area contributed by atoms with Gasteiger partial charge in [-0.05, 0) is 54.1 Å². The maximum absolute atomic E-state index is 12.9. The van der Waals surface area contributed by atoms with Gasteiger partial charge in [0.25, 0.3) is 5.91 Å². The first-order valence-corrected chi connectivity index (χ1v) is 11.5. The van der Waals surface area contributed by atoms with Crippen LogP contribution in [0.4, 0.5) is 5.69 Å². The lowest BCUT2D eigenvalue weighted by Gasteiger charge is -2.13. The van der Waals surface area contributed by atoms with E-state index < -0.39 is 5.97 Å². The van der Waals surface area contributed by atoms with Crippen molar-refractivity contribution in [3.8, 4) is 11.5 Å². The summed E-state index contributed by atoms with van der Waals surface area (Å²) in [6.07, 6.45) is 1.74.